The summed E-state index contributed by atoms with van der Waals surface area (Å²) >= 11 is 0. The van der Waals surface area contributed by atoms with Crippen LogP contribution >= 0.6 is 0 Å². The second-order valence-electron chi connectivity index (χ2n) is 22.5. The summed E-state index contributed by atoms with van der Waals surface area (Å²) < 4.78 is 27.4. The van der Waals surface area contributed by atoms with Crippen LogP contribution in [0, 0.1) is 5.41 Å². The fourth-order valence-electron chi connectivity index (χ4n) is 12.0. The van der Waals surface area contributed by atoms with E-state index in [1.54, 1.807) is 0 Å². The summed E-state index contributed by atoms with van der Waals surface area (Å²) in [6.45, 7) is 19.7. The van der Waals surface area contributed by atoms with Crippen molar-refractivity contribution in [3.8, 4) is 0 Å². The molecule has 77 heavy (non-hydrogen) atoms. The van der Waals surface area contributed by atoms with Gasteiger partial charge >= 0.3 is 0 Å². The van der Waals surface area contributed by atoms with E-state index in [0.29, 0.717) is 0 Å². The maximum Gasteiger partial charge on any atom is 0.159 e. The molecule has 0 atom stereocenters. The Morgan fingerprint density at radius 3 is 1.36 bits per heavy atom. The Morgan fingerprint density at radius 2 is 0.870 bits per heavy atom. The molecule has 0 bridgehead atoms. The number of nitrogens with zero attached hydrogens (tertiary/aromatic N) is 2. The lowest BCUT2D eigenvalue weighted by atomic mass is 9.83. The van der Waals surface area contributed by atoms with Crippen LogP contribution in [0.15, 0.2) is 218 Å². The van der Waals surface area contributed by atoms with E-state index in [1.807, 2.05) is 6.08 Å². The Balaban J connectivity index is 0.859. The standard InChI is InChI=1S/C71H56N2O4/c1-9-50-51-25-18-28-60(68(51)76-66(50)58(10-2)70(3,4)5)72(46-20-13-11-14-21-46)48-32-30-42-36-54-56-40-65-57(41-64(56)74-62(54)38-44(42)34-48)55-37-43-31-33-49(35-45(43)39-63(55)75-65)73(47-22-15-12-16-23-47)61-29-19-26-53-52-24-17-27-59(71(6,7)8)67(52)77-69(53)61/h9-41H,1H2,2-8H3/b58-10+. The number of rotatable bonds is 8. The highest BCUT2D eigenvalue weighted by molar-refractivity contribution is 6.19. The zero-order valence-electron chi connectivity index (χ0n) is 44.3. The summed E-state index contributed by atoms with van der Waals surface area (Å²) in [6, 6.07) is 66.8. The van der Waals surface area contributed by atoms with Gasteiger partial charge in [-0.25, -0.2) is 0 Å². The van der Waals surface area contributed by atoms with E-state index in [9.17, 15) is 0 Å². The smallest absolute Gasteiger partial charge is 0.159 e. The molecule has 10 aromatic carbocycles. The zero-order valence-corrected chi connectivity index (χ0v) is 44.3. The van der Waals surface area contributed by atoms with Gasteiger partial charge < -0.3 is 27.5 Å². The molecule has 4 aromatic heterocycles. The van der Waals surface area contributed by atoms with Gasteiger partial charge in [0.15, 0.2) is 11.2 Å². The van der Waals surface area contributed by atoms with Gasteiger partial charge in [-0.1, -0.05) is 151 Å². The van der Waals surface area contributed by atoms with Gasteiger partial charge in [-0.3, -0.25) is 0 Å². The molecule has 0 N–H and O–H groups in total. The topological polar surface area (TPSA) is 59.0 Å². The minimum absolute atomic E-state index is 0.0808. The molecule has 0 fully saturated rings. The molecule has 0 aliphatic rings. The molecule has 0 aliphatic carbocycles. The van der Waals surface area contributed by atoms with Crippen LogP contribution in [0.4, 0.5) is 34.1 Å². The number of benzene rings is 10. The number of para-hydroxylation sites is 5. The first-order chi connectivity index (χ1) is 37.3. The van der Waals surface area contributed by atoms with Crippen LogP contribution in [-0.4, -0.2) is 0 Å². The molecule has 4 heterocycles. The number of hydrogen-bond donors (Lipinski definition) is 0. The van der Waals surface area contributed by atoms with Crippen LogP contribution in [0.1, 0.15) is 65.4 Å². The van der Waals surface area contributed by atoms with Gasteiger partial charge in [0, 0.05) is 71.6 Å². The van der Waals surface area contributed by atoms with Gasteiger partial charge in [-0.2, -0.15) is 0 Å². The lowest BCUT2D eigenvalue weighted by Gasteiger charge is -2.26. The molecule has 14 aromatic rings. The van der Waals surface area contributed by atoms with Crippen LogP contribution in [0.5, 0.6) is 0 Å². The highest BCUT2D eigenvalue weighted by Gasteiger charge is 2.28. The van der Waals surface area contributed by atoms with Gasteiger partial charge in [0.25, 0.3) is 0 Å². The van der Waals surface area contributed by atoms with Gasteiger partial charge in [-0.15, -0.1) is 0 Å². The molecule has 0 saturated heterocycles. The van der Waals surface area contributed by atoms with Crippen molar-refractivity contribution in [1.29, 1.82) is 0 Å². The minimum Gasteiger partial charge on any atom is -0.456 e. The summed E-state index contributed by atoms with van der Waals surface area (Å²) in [5.41, 5.74) is 15.0. The number of hydrogen-bond acceptors (Lipinski definition) is 6. The van der Waals surface area contributed by atoms with Crippen LogP contribution < -0.4 is 9.80 Å². The first-order valence-electron chi connectivity index (χ1n) is 26.5. The SMILES string of the molecule is C=Cc1c(/C(=C\C)C(C)(C)C)oc2c(N(c3ccccc3)c3ccc4cc5c(cc4c3)oc3cc4c(cc35)oc3cc5cc(N(c6ccccc6)c6cccc7c6oc6c(C(C)(C)C)cccc67)ccc5cc34)cccc12. The van der Waals surface area contributed by atoms with Gasteiger partial charge in [0.05, 0.1) is 11.4 Å². The van der Waals surface area contributed by atoms with E-state index in [1.165, 1.54) is 5.56 Å². The normalized spacial score (nSPS) is 12.7. The summed E-state index contributed by atoms with van der Waals surface area (Å²) in [6.07, 6.45) is 4.08. The Kier molecular flexibility index (Phi) is 10.3. The summed E-state index contributed by atoms with van der Waals surface area (Å²) in [5.74, 6) is 0.855. The molecule has 0 aliphatic heterocycles. The van der Waals surface area contributed by atoms with Crippen LogP contribution in [0.3, 0.4) is 0 Å². The maximum absolute atomic E-state index is 6.94. The molecule has 0 unspecified atom stereocenters. The second-order valence-corrected chi connectivity index (χ2v) is 22.5. The van der Waals surface area contributed by atoms with Crippen molar-refractivity contribution in [2.24, 2.45) is 5.41 Å². The Morgan fingerprint density at radius 1 is 0.403 bits per heavy atom. The average Bonchev–Trinajstić information content (AvgIpc) is 4.23. The van der Waals surface area contributed by atoms with E-state index in [4.69, 9.17) is 17.7 Å². The Hall–Kier alpha value is -9.26. The van der Waals surface area contributed by atoms with Crippen molar-refractivity contribution in [3.05, 3.63) is 218 Å². The largest absolute Gasteiger partial charge is 0.456 e. The number of fused-ring (bicyclic) bond motifs is 12. The molecule has 0 spiro atoms. The molecule has 0 radical (unpaired) electrons. The third-order valence-corrected chi connectivity index (χ3v) is 15.6. The van der Waals surface area contributed by atoms with Crippen LogP contribution in [-0.2, 0) is 5.41 Å². The monoisotopic (exact) mass is 1000 g/mol. The maximum atomic E-state index is 6.94. The predicted octanol–water partition coefficient (Wildman–Crippen LogP) is 21.8. The Bertz CT molecular complexity index is 4740. The predicted molar refractivity (Wildman–Crippen MR) is 324 cm³/mol. The van der Waals surface area contributed by atoms with Crippen molar-refractivity contribution in [2.45, 2.75) is 53.9 Å². The van der Waals surface area contributed by atoms with Gasteiger partial charge in [0.2, 0.25) is 0 Å². The number of furan rings is 4. The molecule has 0 amide bonds. The van der Waals surface area contributed by atoms with E-state index in [-0.39, 0.29) is 10.8 Å². The van der Waals surface area contributed by atoms with Crippen molar-refractivity contribution in [2.75, 3.05) is 9.80 Å². The van der Waals surface area contributed by atoms with E-state index in [0.717, 1.165) is 149 Å². The van der Waals surface area contributed by atoms with E-state index < -0.39 is 0 Å². The minimum atomic E-state index is -0.127. The highest BCUT2D eigenvalue weighted by atomic mass is 16.3. The van der Waals surface area contributed by atoms with Crippen molar-refractivity contribution in [3.63, 3.8) is 0 Å². The average molecular weight is 1000 g/mol. The molecule has 374 valence electrons. The molecule has 14 rings (SSSR count). The molecule has 0 saturated carbocycles. The lowest BCUT2D eigenvalue weighted by Crippen LogP contribution is -2.11. The van der Waals surface area contributed by atoms with Gasteiger partial charge in [0.1, 0.15) is 33.7 Å². The first kappa shape index (κ1) is 46.3. The fraction of sp³-hybridized carbons (Fsp3) is 0.127. The van der Waals surface area contributed by atoms with Gasteiger partial charge in [-0.05, 0) is 142 Å². The lowest BCUT2D eigenvalue weighted by molar-refractivity contribution is 0.523. The number of allylic oxidation sites excluding steroid dienone is 2. The van der Waals surface area contributed by atoms with E-state index >= 15 is 0 Å². The van der Waals surface area contributed by atoms with Crippen LogP contribution in [0.25, 0.3) is 110 Å². The van der Waals surface area contributed by atoms with Crippen molar-refractivity contribution < 1.29 is 17.7 Å². The first-order valence-corrected chi connectivity index (χ1v) is 26.5. The quantitative estimate of drug-likeness (QED) is 0.151. The Labute approximate surface area is 446 Å². The summed E-state index contributed by atoms with van der Waals surface area (Å²) in [4.78, 5) is 4.58. The highest BCUT2D eigenvalue weighted by Crippen LogP contribution is 2.49. The third kappa shape index (κ3) is 7.38. The van der Waals surface area contributed by atoms with Crippen molar-refractivity contribution >= 4 is 144 Å². The molecule has 6 heteroatoms. The van der Waals surface area contributed by atoms with E-state index in [2.05, 4.69) is 259 Å². The number of anilines is 6. The third-order valence-electron chi connectivity index (χ3n) is 15.6. The summed E-state index contributed by atoms with van der Waals surface area (Å²) in [7, 11) is 0. The second kappa shape index (κ2) is 17.1. The van der Waals surface area contributed by atoms with Crippen molar-refractivity contribution in [1.82, 2.24) is 0 Å². The molecule has 6 nitrogen and oxygen atoms in total. The molecular formula is C71H56N2O4. The zero-order chi connectivity index (χ0) is 52.5. The van der Waals surface area contributed by atoms with Crippen LogP contribution in [0.2, 0.25) is 0 Å². The molecular weight excluding hydrogens is 945 g/mol. The summed E-state index contributed by atoms with van der Waals surface area (Å²) in [5, 5.41) is 11.7. The fourth-order valence-corrected chi connectivity index (χ4v) is 12.0.